The van der Waals surface area contributed by atoms with E-state index < -0.39 is 6.10 Å². The minimum atomic E-state index is -0.429. The first kappa shape index (κ1) is 14.6. The lowest BCUT2D eigenvalue weighted by Crippen LogP contribution is -2.43. The number of hydrogen-bond acceptors (Lipinski definition) is 3. The van der Waals surface area contributed by atoms with Crippen molar-refractivity contribution in [1.82, 2.24) is 14.9 Å². The first-order valence-corrected chi connectivity index (χ1v) is 7.56. The van der Waals surface area contributed by atoms with Gasteiger partial charge in [0.05, 0.1) is 6.33 Å². The summed E-state index contributed by atoms with van der Waals surface area (Å²) in [6.45, 7) is 6.81. The predicted octanol–water partition coefficient (Wildman–Crippen LogP) is 2.01. The zero-order chi connectivity index (χ0) is 15.7. The van der Waals surface area contributed by atoms with Crippen LogP contribution in [-0.2, 0) is 17.8 Å². The van der Waals surface area contributed by atoms with Crippen LogP contribution in [0.25, 0.3) is 0 Å². The Hall–Kier alpha value is -2.30. The quantitative estimate of drug-likeness (QED) is 0.939. The van der Waals surface area contributed by atoms with Crippen molar-refractivity contribution in [3.05, 3.63) is 47.5 Å². The van der Waals surface area contributed by atoms with E-state index in [0.717, 1.165) is 11.3 Å². The summed E-state index contributed by atoms with van der Waals surface area (Å²) in [5.74, 6) is 0.782. The molecule has 0 radical (unpaired) electrons. The fourth-order valence-corrected chi connectivity index (χ4v) is 2.75. The summed E-state index contributed by atoms with van der Waals surface area (Å²) in [4.78, 5) is 16.4. The Labute approximate surface area is 130 Å². The Bertz CT molecular complexity index is 648. The van der Waals surface area contributed by atoms with Crippen molar-refractivity contribution in [3.8, 4) is 5.75 Å². The number of carbonyl (C=O) groups is 1. The minimum Gasteiger partial charge on any atom is -0.480 e. The smallest absolute Gasteiger partial charge is 0.261 e. The van der Waals surface area contributed by atoms with E-state index in [1.807, 2.05) is 23.8 Å². The number of aryl methyl sites for hydroxylation is 2. The number of hydrogen-bond donors (Lipinski definition) is 1. The van der Waals surface area contributed by atoms with Crippen molar-refractivity contribution in [2.45, 2.75) is 45.9 Å². The van der Waals surface area contributed by atoms with E-state index in [4.69, 9.17) is 4.74 Å². The highest BCUT2D eigenvalue weighted by Gasteiger charge is 2.30. The Morgan fingerprint density at radius 3 is 2.95 bits per heavy atom. The Morgan fingerprint density at radius 2 is 2.23 bits per heavy atom. The number of nitrogens with zero attached hydrogens (tertiary/aromatic N) is 2. The molecular formula is C17H21N3O2. The molecule has 0 saturated carbocycles. The summed E-state index contributed by atoms with van der Waals surface area (Å²) >= 11 is 0. The molecule has 0 bridgehead atoms. The van der Waals surface area contributed by atoms with E-state index >= 15 is 0 Å². The second kappa shape index (κ2) is 5.83. The van der Waals surface area contributed by atoms with Gasteiger partial charge in [-0.05, 0) is 43.5 Å². The van der Waals surface area contributed by atoms with Gasteiger partial charge in [-0.3, -0.25) is 4.79 Å². The molecule has 22 heavy (non-hydrogen) atoms. The van der Waals surface area contributed by atoms with Crippen LogP contribution in [0.2, 0.25) is 0 Å². The van der Waals surface area contributed by atoms with Crippen molar-refractivity contribution in [3.63, 3.8) is 0 Å². The average Bonchev–Trinajstić information content (AvgIpc) is 3.08. The number of imidazole rings is 1. The summed E-state index contributed by atoms with van der Waals surface area (Å²) in [5.41, 5.74) is 3.54. The molecule has 3 rings (SSSR count). The maximum absolute atomic E-state index is 12.4. The first-order chi connectivity index (χ1) is 10.5. The van der Waals surface area contributed by atoms with E-state index in [0.29, 0.717) is 13.0 Å². The topological polar surface area (TPSA) is 56.1 Å². The van der Waals surface area contributed by atoms with Crippen LogP contribution in [0, 0.1) is 13.8 Å². The molecule has 116 valence electrons. The lowest BCUT2D eigenvalue weighted by molar-refractivity contribution is -0.127. The molecule has 1 aromatic carbocycles. The third-order valence-electron chi connectivity index (χ3n) is 4.08. The molecule has 0 spiro atoms. The van der Waals surface area contributed by atoms with Gasteiger partial charge in [0.2, 0.25) is 0 Å². The van der Waals surface area contributed by atoms with E-state index in [9.17, 15) is 4.79 Å². The van der Waals surface area contributed by atoms with Crippen LogP contribution in [0.15, 0.2) is 30.9 Å². The van der Waals surface area contributed by atoms with Gasteiger partial charge < -0.3 is 14.6 Å². The van der Waals surface area contributed by atoms with Crippen LogP contribution in [0.5, 0.6) is 5.75 Å². The van der Waals surface area contributed by atoms with Crippen LogP contribution in [0.3, 0.4) is 0 Å². The number of ether oxygens (including phenoxy) is 1. The summed E-state index contributed by atoms with van der Waals surface area (Å²) in [6, 6.07) is 4.16. The minimum absolute atomic E-state index is 0.0254. The molecule has 1 aromatic heterocycles. The largest absolute Gasteiger partial charge is 0.480 e. The molecule has 0 aliphatic carbocycles. The van der Waals surface area contributed by atoms with E-state index in [1.54, 1.807) is 12.5 Å². The normalized spacial score (nSPS) is 17.7. The van der Waals surface area contributed by atoms with Crippen molar-refractivity contribution in [1.29, 1.82) is 0 Å². The van der Waals surface area contributed by atoms with E-state index in [2.05, 4.69) is 30.2 Å². The van der Waals surface area contributed by atoms with Gasteiger partial charge in [0.25, 0.3) is 5.91 Å². The number of rotatable bonds is 4. The van der Waals surface area contributed by atoms with Gasteiger partial charge in [-0.2, -0.15) is 0 Å². The molecule has 0 unspecified atom stereocenters. The lowest BCUT2D eigenvalue weighted by atomic mass is 10.0. The standard InChI is InChI=1S/C17H21N3O2/c1-11-6-14-8-16(22-15(14)7-12(11)2)17(21)19-13(3)9-20-5-4-18-10-20/h4-7,10,13,16H,8-9H2,1-3H3,(H,19,21)/t13-,16+/m0/s1. The van der Waals surface area contributed by atoms with Crippen LogP contribution >= 0.6 is 0 Å². The first-order valence-electron chi connectivity index (χ1n) is 7.56. The Balaban J connectivity index is 1.60. The van der Waals surface area contributed by atoms with Gasteiger partial charge in [-0.15, -0.1) is 0 Å². The van der Waals surface area contributed by atoms with E-state index in [-0.39, 0.29) is 11.9 Å². The van der Waals surface area contributed by atoms with Crippen molar-refractivity contribution >= 4 is 5.91 Å². The lowest BCUT2D eigenvalue weighted by Gasteiger charge is -2.17. The molecule has 0 saturated heterocycles. The molecule has 1 N–H and O–H groups in total. The molecule has 5 heteroatoms. The molecule has 2 aromatic rings. The molecule has 0 fully saturated rings. The van der Waals surface area contributed by atoms with Gasteiger partial charge in [0, 0.05) is 31.4 Å². The fourth-order valence-electron chi connectivity index (χ4n) is 2.75. The number of amides is 1. The predicted molar refractivity (Wildman–Crippen MR) is 83.9 cm³/mol. The van der Waals surface area contributed by atoms with Crippen molar-refractivity contribution < 1.29 is 9.53 Å². The Morgan fingerprint density at radius 1 is 1.45 bits per heavy atom. The van der Waals surface area contributed by atoms with Crippen molar-refractivity contribution in [2.75, 3.05) is 0 Å². The summed E-state index contributed by atoms with van der Waals surface area (Å²) in [6.07, 6.45) is 5.57. The van der Waals surface area contributed by atoms with Gasteiger partial charge in [0.15, 0.2) is 6.10 Å². The Kier molecular flexibility index (Phi) is 3.88. The monoisotopic (exact) mass is 299 g/mol. The summed E-state index contributed by atoms with van der Waals surface area (Å²) in [7, 11) is 0. The van der Waals surface area contributed by atoms with Crippen LogP contribution in [0.1, 0.15) is 23.6 Å². The van der Waals surface area contributed by atoms with Crippen LogP contribution in [0.4, 0.5) is 0 Å². The third kappa shape index (κ3) is 2.98. The zero-order valence-electron chi connectivity index (χ0n) is 13.2. The number of nitrogens with one attached hydrogen (secondary N) is 1. The average molecular weight is 299 g/mol. The second-order valence-corrected chi connectivity index (χ2v) is 6.02. The van der Waals surface area contributed by atoms with Gasteiger partial charge in [-0.1, -0.05) is 6.07 Å². The van der Waals surface area contributed by atoms with Gasteiger partial charge >= 0.3 is 0 Å². The molecule has 1 aliphatic rings. The number of fused-ring (bicyclic) bond motifs is 1. The maximum atomic E-state index is 12.4. The molecular weight excluding hydrogens is 278 g/mol. The highest BCUT2D eigenvalue weighted by molar-refractivity contribution is 5.82. The van der Waals surface area contributed by atoms with Gasteiger partial charge in [-0.25, -0.2) is 4.98 Å². The second-order valence-electron chi connectivity index (χ2n) is 6.02. The summed E-state index contributed by atoms with van der Waals surface area (Å²) in [5, 5.41) is 3.01. The van der Waals surface area contributed by atoms with Crippen molar-refractivity contribution in [2.24, 2.45) is 0 Å². The van der Waals surface area contributed by atoms with Crippen LogP contribution in [-0.4, -0.2) is 27.6 Å². The maximum Gasteiger partial charge on any atom is 0.261 e. The zero-order valence-corrected chi connectivity index (χ0v) is 13.2. The molecule has 1 amide bonds. The van der Waals surface area contributed by atoms with Gasteiger partial charge in [0.1, 0.15) is 5.75 Å². The molecule has 2 heterocycles. The number of carbonyl (C=O) groups excluding carboxylic acids is 1. The SMILES string of the molecule is Cc1cc2c(cc1C)O[C@@H](C(=O)N[C@@H](C)Cn1ccnc1)C2. The van der Waals surface area contributed by atoms with Crippen LogP contribution < -0.4 is 10.1 Å². The molecule has 5 nitrogen and oxygen atoms in total. The van der Waals surface area contributed by atoms with E-state index in [1.165, 1.54) is 11.1 Å². The highest BCUT2D eigenvalue weighted by atomic mass is 16.5. The molecule has 1 aliphatic heterocycles. The third-order valence-corrected chi connectivity index (χ3v) is 4.08. The summed E-state index contributed by atoms with van der Waals surface area (Å²) < 4.78 is 7.76. The molecule has 2 atom stereocenters. The number of aromatic nitrogens is 2. The fraction of sp³-hybridized carbons (Fsp3) is 0.412. The highest BCUT2D eigenvalue weighted by Crippen LogP contribution is 2.31. The number of benzene rings is 1.